The Morgan fingerprint density at radius 1 is 1.15 bits per heavy atom. The van der Waals surface area contributed by atoms with Gasteiger partial charge in [0.15, 0.2) is 0 Å². The van der Waals surface area contributed by atoms with Gasteiger partial charge >= 0.3 is 0 Å². The number of benzene rings is 1. The number of hydrogen-bond donors (Lipinski definition) is 1. The molecule has 2 heteroatoms. The van der Waals surface area contributed by atoms with Gasteiger partial charge < -0.3 is 10.1 Å². The summed E-state index contributed by atoms with van der Waals surface area (Å²) < 4.78 is 5.58. The lowest BCUT2D eigenvalue weighted by Crippen LogP contribution is -2.30. The van der Waals surface area contributed by atoms with Crippen LogP contribution in [0.25, 0.3) is 0 Å². The molecule has 1 aliphatic carbocycles. The maximum Gasteiger partial charge on any atom is 0.122 e. The lowest BCUT2D eigenvalue weighted by molar-refractivity contribution is 0.364. The van der Waals surface area contributed by atoms with E-state index >= 15 is 0 Å². The standard InChI is InChI=1S/C18H27NO/c1-20-18-9-8-16(15-6-2-3-7-15)12-17(18)11-14-5-4-10-19-13-14/h8-9,12,14-15,19H,2-7,10-11,13H2,1H3. The van der Waals surface area contributed by atoms with Crippen LogP contribution in [0.5, 0.6) is 5.75 Å². The fraction of sp³-hybridized carbons (Fsp3) is 0.667. The van der Waals surface area contributed by atoms with E-state index in [-0.39, 0.29) is 0 Å². The van der Waals surface area contributed by atoms with E-state index in [2.05, 4.69) is 23.5 Å². The van der Waals surface area contributed by atoms with Crippen LogP contribution in [0.1, 0.15) is 55.6 Å². The summed E-state index contributed by atoms with van der Waals surface area (Å²) in [7, 11) is 1.80. The largest absolute Gasteiger partial charge is 0.496 e. The number of piperidine rings is 1. The molecule has 20 heavy (non-hydrogen) atoms. The molecule has 110 valence electrons. The molecule has 1 aromatic carbocycles. The fourth-order valence-electron chi connectivity index (χ4n) is 3.88. The molecule has 0 amide bonds. The molecular formula is C18H27NO. The van der Waals surface area contributed by atoms with Crippen LogP contribution in [0.2, 0.25) is 0 Å². The molecule has 1 N–H and O–H groups in total. The van der Waals surface area contributed by atoms with Gasteiger partial charge in [-0.25, -0.2) is 0 Å². The van der Waals surface area contributed by atoms with Crippen LogP contribution in [0.15, 0.2) is 18.2 Å². The third-order valence-electron chi connectivity index (χ3n) is 5.04. The summed E-state index contributed by atoms with van der Waals surface area (Å²) in [4.78, 5) is 0. The van der Waals surface area contributed by atoms with E-state index in [1.54, 1.807) is 12.7 Å². The van der Waals surface area contributed by atoms with Gasteiger partial charge in [-0.05, 0) is 74.2 Å². The van der Waals surface area contributed by atoms with Gasteiger partial charge in [0.25, 0.3) is 0 Å². The van der Waals surface area contributed by atoms with E-state index in [1.165, 1.54) is 50.6 Å². The van der Waals surface area contributed by atoms with Gasteiger partial charge in [-0.1, -0.05) is 25.0 Å². The van der Waals surface area contributed by atoms with Gasteiger partial charge in [0.2, 0.25) is 0 Å². The summed E-state index contributed by atoms with van der Waals surface area (Å²) in [5.74, 6) is 2.65. The third-order valence-corrected chi connectivity index (χ3v) is 5.04. The molecule has 2 fully saturated rings. The summed E-state index contributed by atoms with van der Waals surface area (Å²) in [5.41, 5.74) is 2.97. The summed E-state index contributed by atoms with van der Waals surface area (Å²) in [6, 6.07) is 6.92. The lowest BCUT2D eigenvalue weighted by atomic mass is 9.89. The van der Waals surface area contributed by atoms with Crippen molar-refractivity contribution in [3.05, 3.63) is 29.3 Å². The average Bonchev–Trinajstić information content (AvgIpc) is 3.02. The van der Waals surface area contributed by atoms with Crippen molar-refractivity contribution in [2.75, 3.05) is 20.2 Å². The maximum atomic E-state index is 5.58. The highest BCUT2D eigenvalue weighted by Crippen LogP contribution is 2.36. The zero-order valence-corrected chi connectivity index (χ0v) is 12.7. The van der Waals surface area contributed by atoms with Crippen LogP contribution in [-0.4, -0.2) is 20.2 Å². The third kappa shape index (κ3) is 3.17. The van der Waals surface area contributed by atoms with Gasteiger partial charge in [0, 0.05) is 0 Å². The molecule has 1 unspecified atom stereocenters. The highest BCUT2D eigenvalue weighted by molar-refractivity contribution is 5.39. The predicted octanol–water partition coefficient (Wildman–Crippen LogP) is 3.89. The Labute approximate surface area is 122 Å². The van der Waals surface area contributed by atoms with Gasteiger partial charge in [0.05, 0.1) is 7.11 Å². The van der Waals surface area contributed by atoms with E-state index in [1.807, 2.05) is 0 Å². The monoisotopic (exact) mass is 273 g/mol. The van der Waals surface area contributed by atoms with Crippen LogP contribution in [0.4, 0.5) is 0 Å². The molecule has 0 bridgehead atoms. The number of hydrogen-bond acceptors (Lipinski definition) is 2. The van der Waals surface area contributed by atoms with E-state index in [0.29, 0.717) is 0 Å². The van der Waals surface area contributed by atoms with Crippen molar-refractivity contribution in [1.29, 1.82) is 0 Å². The van der Waals surface area contributed by atoms with Crippen LogP contribution in [0.3, 0.4) is 0 Å². The Kier molecular flexibility index (Phi) is 4.62. The van der Waals surface area contributed by atoms with Crippen molar-refractivity contribution < 1.29 is 4.74 Å². The highest BCUT2D eigenvalue weighted by atomic mass is 16.5. The van der Waals surface area contributed by atoms with Gasteiger partial charge in [0.1, 0.15) is 5.75 Å². The average molecular weight is 273 g/mol. The first-order chi connectivity index (χ1) is 9.86. The number of rotatable bonds is 4. The topological polar surface area (TPSA) is 21.3 Å². The summed E-state index contributed by atoms with van der Waals surface area (Å²) in [5, 5.41) is 3.52. The molecule has 1 saturated carbocycles. The highest BCUT2D eigenvalue weighted by Gasteiger charge is 2.20. The minimum absolute atomic E-state index is 0.775. The summed E-state index contributed by atoms with van der Waals surface area (Å²) in [6.45, 7) is 2.35. The molecule has 2 nitrogen and oxygen atoms in total. The SMILES string of the molecule is COc1ccc(C2CCCC2)cc1CC1CCCNC1. The minimum atomic E-state index is 0.775. The normalized spacial score (nSPS) is 23.9. The van der Waals surface area contributed by atoms with Crippen molar-refractivity contribution in [1.82, 2.24) is 5.32 Å². The van der Waals surface area contributed by atoms with Gasteiger partial charge in [-0.2, -0.15) is 0 Å². The zero-order chi connectivity index (χ0) is 13.8. The number of nitrogens with one attached hydrogen (secondary N) is 1. The minimum Gasteiger partial charge on any atom is -0.496 e. The Morgan fingerprint density at radius 2 is 2.00 bits per heavy atom. The van der Waals surface area contributed by atoms with E-state index in [0.717, 1.165) is 30.6 Å². The Morgan fingerprint density at radius 3 is 2.70 bits per heavy atom. The number of ether oxygens (including phenoxy) is 1. The van der Waals surface area contributed by atoms with Crippen LogP contribution >= 0.6 is 0 Å². The lowest BCUT2D eigenvalue weighted by Gasteiger charge is -2.24. The van der Waals surface area contributed by atoms with Crippen molar-refractivity contribution >= 4 is 0 Å². The second kappa shape index (κ2) is 6.62. The van der Waals surface area contributed by atoms with E-state index in [4.69, 9.17) is 4.74 Å². The van der Waals surface area contributed by atoms with Crippen molar-refractivity contribution in [3.8, 4) is 5.75 Å². The second-order valence-electron chi connectivity index (χ2n) is 6.47. The van der Waals surface area contributed by atoms with E-state index in [9.17, 15) is 0 Å². The molecule has 1 aromatic rings. The summed E-state index contributed by atoms with van der Waals surface area (Å²) >= 11 is 0. The first kappa shape index (κ1) is 13.9. The molecule has 3 rings (SSSR count). The van der Waals surface area contributed by atoms with Gasteiger partial charge in [-0.3, -0.25) is 0 Å². The van der Waals surface area contributed by atoms with Crippen LogP contribution in [0, 0.1) is 5.92 Å². The van der Waals surface area contributed by atoms with Crippen LogP contribution in [-0.2, 0) is 6.42 Å². The zero-order valence-electron chi connectivity index (χ0n) is 12.7. The van der Waals surface area contributed by atoms with Crippen molar-refractivity contribution in [2.45, 2.75) is 50.9 Å². The molecule has 1 atom stereocenters. The Hall–Kier alpha value is -1.02. The van der Waals surface area contributed by atoms with E-state index < -0.39 is 0 Å². The van der Waals surface area contributed by atoms with Crippen LogP contribution < -0.4 is 10.1 Å². The Balaban J connectivity index is 1.76. The smallest absolute Gasteiger partial charge is 0.122 e. The molecular weight excluding hydrogens is 246 g/mol. The predicted molar refractivity (Wildman–Crippen MR) is 83.5 cm³/mol. The number of methoxy groups -OCH3 is 1. The van der Waals surface area contributed by atoms with Crippen molar-refractivity contribution in [3.63, 3.8) is 0 Å². The second-order valence-corrected chi connectivity index (χ2v) is 6.47. The first-order valence-corrected chi connectivity index (χ1v) is 8.24. The maximum absolute atomic E-state index is 5.58. The van der Waals surface area contributed by atoms with Gasteiger partial charge in [-0.15, -0.1) is 0 Å². The first-order valence-electron chi connectivity index (χ1n) is 8.24. The molecule has 0 radical (unpaired) electrons. The molecule has 1 aliphatic heterocycles. The molecule has 2 aliphatic rings. The fourth-order valence-corrected chi connectivity index (χ4v) is 3.88. The summed E-state index contributed by atoms with van der Waals surface area (Å²) in [6.07, 6.45) is 9.38. The molecule has 0 aromatic heterocycles. The molecule has 0 spiro atoms. The quantitative estimate of drug-likeness (QED) is 0.898. The molecule has 1 saturated heterocycles. The molecule has 1 heterocycles. The van der Waals surface area contributed by atoms with Crippen molar-refractivity contribution in [2.24, 2.45) is 5.92 Å². The Bertz CT molecular complexity index is 431.